The van der Waals surface area contributed by atoms with Crippen LogP contribution in [0.4, 0.5) is 0 Å². The molecule has 2 rings (SSSR count). The summed E-state index contributed by atoms with van der Waals surface area (Å²) in [5.41, 5.74) is 1.38. The Kier molecular flexibility index (Phi) is 4.05. The third-order valence-electron chi connectivity index (χ3n) is 5.30. The van der Waals surface area contributed by atoms with Crippen molar-refractivity contribution in [3.05, 3.63) is 11.6 Å². The van der Waals surface area contributed by atoms with Crippen LogP contribution in [-0.2, 0) is 14.3 Å². The van der Waals surface area contributed by atoms with Crippen molar-refractivity contribution < 1.29 is 14.3 Å². The summed E-state index contributed by atoms with van der Waals surface area (Å²) in [5, 5.41) is 0. The maximum Gasteiger partial charge on any atom is 0.302 e. The molecule has 2 bridgehead atoms. The highest BCUT2D eigenvalue weighted by molar-refractivity contribution is 5.65. The molecule has 0 aromatic rings. The van der Waals surface area contributed by atoms with Crippen LogP contribution < -0.4 is 0 Å². The largest absolute Gasteiger partial charge is 0.465 e. The van der Waals surface area contributed by atoms with Gasteiger partial charge in [0.05, 0.1) is 19.3 Å². The number of carbonyl (C=O) groups is 1. The van der Waals surface area contributed by atoms with E-state index in [0.29, 0.717) is 37.1 Å². The van der Waals surface area contributed by atoms with Gasteiger partial charge in [0.1, 0.15) is 0 Å². The van der Waals surface area contributed by atoms with E-state index in [1.807, 2.05) is 0 Å². The van der Waals surface area contributed by atoms with Crippen LogP contribution in [0.5, 0.6) is 0 Å². The number of esters is 1. The highest BCUT2D eigenvalue weighted by atomic mass is 16.5. The third kappa shape index (κ3) is 2.33. The Hall–Kier alpha value is -0.830. The Morgan fingerprint density at radius 1 is 1.53 bits per heavy atom. The molecule has 3 heteroatoms. The van der Waals surface area contributed by atoms with E-state index in [4.69, 9.17) is 9.47 Å². The summed E-state index contributed by atoms with van der Waals surface area (Å²) in [4.78, 5) is 11.2. The molecule has 0 unspecified atom stereocenters. The SMILES string of the molecule is CC[C@@H]1OC[C@@]2(COC(C)=O)[C@H](C)[C@@H]1C(C)=C[C@@H]2C. The number of ether oxygens (including phenoxy) is 2. The molecule has 3 nitrogen and oxygen atoms in total. The minimum Gasteiger partial charge on any atom is -0.465 e. The molecule has 0 aromatic carbocycles. The zero-order valence-corrected chi connectivity index (χ0v) is 12.7. The Labute approximate surface area is 116 Å². The van der Waals surface area contributed by atoms with Gasteiger partial charge in [0.2, 0.25) is 0 Å². The molecule has 2 aliphatic rings. The molecule has 1 heterocycles. The lowest BCUT2D eigenvalue weighted by Crippen LogP contribution is -2.56. The summed E-state index contributed by atoms with van der Waals surface area (Å²) in [6, 6.07) is 0. The van der Waals surface area contributed by atoms with Gasteiger partial charge >= 0.3 is 5.97 Å². The Balaban J connectivity index is 2.31. The van der Waals surface area contributed by atoms with Gasteiger partial charge < -0.3 is 9.47 Å². The summed E-state index contributed by atoms with van der Waals surface area (Å²) in [6.07, 6.45) is 3.71. The first-order valence-corrected chi connectivity index (χ1v) is 7.35. The van der Waals surface area contributed by atoms with Crippen molar-refractivity contribution >= 4 is 5.97 Å². The van der Waals surface area contributed by atoms with Crippen LogP contribution in [0.3, 0.4) is 0 Å². The van der Waals surface area contributed by atoms with Crippen LogP contribution in [-0.4, -0.2) is 25.3 Å². The van der Waals surface area contributed by atoms with Crippen molar-refractivity contribution in [3.8, 4) is 0 Å². The van der Waals surface area contributed by atoms with E-state index >= 15 is 0 Å². The van der Waals surface area contributed by atoms with Gasteiger partial charge in [0, 0.05) is 18.3 Å². The summed E-state index contributed by atoms with van der Waals surface area (Å²) in [6.45, 7) is 11.6. The minimum atomic E-state index is -0.200. The molecule has 0 aromatic heterocycles. The van der Waals surface area contributed by atoms with Crippen LogP contribution in [0.15, 0.2) is 11.6 Å². The predicted molar refractivity (Wildman–Crippen MR) is 74.7 cm³/mol. The Morgan fingerprint density at radius 2 is 2.21 bits per heavy atom. The van der Waals surface area contributed by atoms with Gasteiger partial charge in [-0.1, -0.05) is 32.4 Å². The molecular formula is C16H26O3. The van der Waals surface area contributed by atoms with Crippen molar-refractivity contribution in [2.45, 2.75) is 47.1 Å². The second-order valence-corrected chi connectivity index (χ2v) is 6.28. The topological polar surface area (TPSA) is 35.5 Å². The highest BCUT2D eigenvalue weighted by Gasteiger charge is 2.53. The average molecular weight is 266 g/mol. The van der Waals surface area contributed by atoms with E-state index in [2.05, 4.69) is 33.8 Å². The molecule has 0 N–H and O–H groups in total. The van der Waals surface area contributed by atoms with Crippen molar-refractivity contribution in [1.82, 2.24) is 0 Å². The molecule has 1 aliphatic carbocycles. The van der Waals surface area contributed by atoms with Crippen LogP contribution in [0.1, 0.15) is 41.0 Å². The molecule has 0 radical (unpaired) electrons. The first-order valence-electron chi connectivity index (χ1n) is 7.35. The van der Waals surface area contributed by atoms with Gasteiger partial charge in [0.25, 0.3) is 0 Å². The van der Waals surface area contributed by atoms with Gasteiger partial charge in [0.15, 0.2) is 0 Å². The zero-order valence-electron chi connectivity index (χ0n) is 12.7. The summed E-state index contributed by atoms with van der Waals surface area (Å²) >= 11 is 0. The monoisotopic (exact) mass is 266 g/mol. The quantitative estimate of drug-likeness (QED) is 0.581. The van der Waals surface area contributed by atoms with E-state index in [-0.39, 0.29) is 11.4 Å². The molecule has 1 aliphatic heterocycles. The number of carbonyl (C=O) groups excluding carboxylic acids is 1. The van der Waals surface area contributed by atoms with Gasteiger partial charge in [-0.15, -0.1) is 0 Å². The summed E-state index contributed by atoms with van der Waals surface area (Å²) in [5.74, 6) is 1.14. The van der Waals surface area contributed by atoms with Crippen molar-refractivity contribution in [2.24, 2.45) is 23.2 Å². The standard InChI is InChI=1S/C16H26O3/c1-6-14-15-10(2)7-11(3)16(9-19-14,12(15)4)8-18-13(5)17/h7,11-12,14-15H,6,8-9H2,1-5H3/t11-,12+,14-,15-,16+/m0/s1. The molecule has 0 amide bonds. The lowest BCUT2D eigenvalue weighted by molar-refractivity contribution is -0.179. The zero-order chi connectivity index (χ0) is 14.2. The van der Waals surface area contributed by atoms with Gasteiger partial charge in [-0.25, -0.2) is 0 Å². The molecule has 1 saturated heterocycles. The smallest absolute Gasteiger partial charge is 0.302 e. The predicted octanol–water partition coefficient (Wildman–Crippen LogP) is 3.19. The maximum atomic E-state index is 11.2. The second-order valence-electron chi connectivity index (χ2n) is 6.28. The molecule has 19 heavy (non-hydrogen) atoms. The van der Waals surface area contributed by atoms with Crippen LogP contribution >= 0.6 is 0 Å². The fraction of sp³-hybridized carbons (Fsp3) is 0.812. The Bertz CT molecular complexity index is 387. The molecule has 1 fully saturated rings. The maximum absolute atomic E-state index is 11.2. The number of fused-ring (bicyclic) bond motifs is 2. The van der Waals surface area contributed by atoms with Crippen molar-refractivity contribution in [3.63, 3.8) is 0 Å². The normalized spacial score (nSPS) is 41.6. The van der Waals surface area contributed by atoms with Crippen molar-refractivity contribution in [2.75, 3.05) is 13.2 Å². The van der Waals surface area contributed by atoms with E-state index in [1.165, 1.54) is 12.5 Å². The molecular weight excluding hydrogens is 240 g/mol. The highest BCUT2D eigenvalue weighted by Crippen LogP contribution is 2.53. The lowest BCUT2D eigenvalue weighted by atomic mass is 9.56. The fourth-order valence-corrected chi connectivity index (χ4v) is 3.99. The number of hydrogen-bond donors (Lipinski definition) is 0. The second kappa shape index (κ2) is 5.28. The first kappa shape index (κ1) is 14.6. The minimum absolute atomic E-state index is 0.0541. The van der Waals surface area contributed by atoms with E-state index < -0.39 is 0 Å². The third-order valence-corrected chi connectivity index (χ3v) is 5.30. The summed E-state index contributed by atoms with van der Waals surface area (Å²) < 4.78 is 11.5. The van der Waals surface area contributed by atoms with E-state index in [0.717, 1.165) is 6.42 Å². The van der Waals surface area contributed by atoms with Gasteiger partial charge in [-0.05, 0) is 25.2 Å². The van der Waals surface area contributed by atoms with Crippen LogP contribution in [0.25, 0.3) is 0 Å². The van der Waals surface area contributed by atoms with E-state index in [1.54, 1.807) is 0 Å². The Morgan fingerprint density at radius 3 is 2.79 bits per heavy atom. The lowest BCUT2D eigenvalue weighted by Gasteiger charge is -2.55. The van der Waals surface area contributed by atoms with Crippen molar-refractivity contribution in [1.29, 1.82) is 0 Å². The fourth-order valence-electron chi connectivity index (χ4n) is 3.99. The van der Waals surface area contributed by atoms with Crippen LogP contribution in [0, 0.1) is 23.2 Å². The number of hydrogen-bond acceptors (Lipinski definition) is 3. The van der Waals surface area contributed by atoms with Gasteiger partial charge in [-0.2, -0.15) is 0 Å². The van der Waals surface area contributed by atoms with Crippen LogP contribution in [0.2, 0.25) is 0 Å². The van der Waals surface area contributed by atoms with E-state index in [9.17, 15) is 4.79 Å². The number of rotatable bonds is 3. The summed E-state index contributed by atoms with van der Waals surface area (Å²) in [7, 11) is 0. The first-order chi connectivity index (χ1) is 8.92. The molecule has 0 spiro atoms. The molecule has 0 saturated carbocycles. The molecule has 108 valence electrons. The average Bonchev–Trinajstić information content (AvgIpc) is 2.34. The number of allylic oxidation sites excluding steroid dienone is 1. The van der Waals surface area contributed by atoms with Gasteiger partial charge in [-0.3, -0.25) is 4.79 Å². The molecule has 5 atom stereocenters.